The predicted octanol–water partition coefficient (Wildman–Crippen LogP) is 3.50. The van der Waals surface area contributed by atoms with Crippen LogP contribution in [0.5, 0.6) is 0 Å². The second-order valence-electron chi connectivity index (χ2n) is 4.76. The summed E-state index contributed by atoms with van der Waals surface area (Å²) in [5.74, 6) is 0. The third kappa shape index (κ3) is 2.39. The zero-order valence-corrected chi connectivity index (χ0v) is 11.9. The van der Waals surface area contributed by atoms with E-state index in [1.54, 1.807) is 24.3 Å². The molecule has 3 aromatic rings. The number of imidazole rings is 1. The first-order valence-corrected chi connectivity index (χ1v) is 7.20. The molecule has 1 aromatic carbocycles. The molecule has 3 rings (SSSR count). The molecule has 0 saturated carbocycles. The summed E-state index contributed by atoms with van der Waals surface area (Å²) in [7, 11) is 0. The van der Waals surface area contributed by atoms with Gasteiger partial charge in [-0.1, -0.05) is 29.8 Å². The molecule has 0 amide bonds. The highest BCUT2D eigenvalue weighted by molar-refractivity contribution is 7.15. The maximum atomic E-state index is 10.7. The van der Waals surface area contributed by atoms with Gasteiger partial charge in [-0.15, -0.1) is 11.3 Å². The van der Waals surface area contributed by atoms with E-state index in [-0.39, 0.29) is 0 Å². The van der Waals surface area contributed by atoms with Gasteiger partial charge >= 0.3 is 0 Å². The summed E-state index contributed by atoms with van der Waals surface area (Å²) in [5.41, 5.74) is 0.562. The smallest absolute Gasteiger partial charge is 0.193 e. The van der Waals surface area contributed by atoms with Crippen LogP contribution in [0.2, 0.25) is 5.02 Å². The van der Waals surface area contributed by atoms with Crippen LogP contribution >= 0.6 is 22.9 Å². The van der Waals surface area contributed by atoms with Gasteiger partial charge in [0.2, 0.25) is 0 Å². The quantitative estimate of drug-likeness (QED) is 0.802. The third-order valence-corrected chi connectivity index (χ3v) is 4.22. The van der Waals surface area contributed by atoms with Gasteiger partial charge in [0, 0.05) is 34.8 Å². The first-order chi connectivity index (χ1) is 9.06. The fourth-order valence-electron chi connectivity index (χ4n) is 2.21. The van der Waals surface area contributed by atoms with Gasteiger partial charge in [-0.3, -0.25) is 4.40 Å². The van der Waals surface area contributed by atoms with Gasteiger partial charge in [0.1, 0.15) is 0 Å². The third-order valence-electron chi connectivity index (χ3n) is 3.12. The Bertz CT molecular complexity index is 688. The van der Waals surface area contributed by atoms with E-state index in [9.17, 15) is 5.11 Å². The maximum Gasteiger partial charge on any atom is 0.193 e. The van der Waals surface area contributed by atoms with Crippen LogP contribution in [0, 0.1) is 0 Å². The molecule has 1 unspecified atom stereocenters. The van der Waals surface area contributed by atoms with Crippen molar-refractivity contribution in [2.75, 3.05) is 0 Å². The lowest BCUT2D eigenvalue weighted by molar-refractivity contribution is 0.0568. The van der Waals surface area contributed by atoms with Crippen molar-refractivity contribution in [2.24, 2.45) is 0 Å². The molecule has 0 aliphatic rings. The highest BCUT2D eigenvalue weighted by atomic mass is 35.5. The summed E-state index contributed by atoms with van der Waals surface area (Å²) in [5, 5.41) is 13.2. The minimum Gasteiger partial charge on any atom is -0.385 e. The van der Waals surface area contributed by atoms with Crippen LogP contribution in [0.15, 0.2) is 42.0 Å². The van der Waals surface area contributed by atoms with Crippen molar-refractivity contribution in [3.8, 4) is 0 Å². The van der Waals surface area contributed by atoms with Gasteiger partial charge in [-0.2, -0.15) is 0 Å². The molecule has 0 radical (unpaired) electrons. The fourth-order valence-corrected chi connectivity index (χ4v) is 3.27. The Labute approximate surface area is 120 Å². The molecule has 19 heavy (non-hydrogen) atoms. The number of benzene rings is 1. The summed E-state index contributed by atoms with van der Waals surface area (Å²) in [6.45, 7) is 1.77. The van der Waals surface area contributed by atoms with E-state index in [4.69, 9.17) is 11.6 Å². The standard InChI is InChI=1S/C14H13ClN2OS/c1-14(18,11-4-2-3-5-12(11)15)8-10-9-17-6-7-19-13(17)16-10/h2-7,9,18H,8H2,1H3. The van der Waals surface area contributed by atoms with Crippen LogP contribution in [-0.4, -0.2) is 14.5 Å². The van der Waals surface area contributed by atoms with E-state index in [0.29, 0.717) is 11.4 Å². The summed E-state index contributed by atoms with van der Waals surface area (Å²) in [4.78, 5) is 5.43. The van der Waals surface area contributed by atoms with Crippen LogP contribution < -0.4 is 0 Å². The van der Waals surface area contributed by atoms with Crippen molar-refractivity contribution in [1.82, 2.24) is 9.38 Å². The summed E-state index contributed by atoms with van der Waals surface area (Å²) < 4.78 is 1.96. The van der Waals surface area contributed by atoms with Gasteiger partial charge in [0.25, 0.3) is 0 Å². The molecular formula is C14H13ClN2OS. The second kappa shape index (κ2) is 4.63. The summed E-state index contributed by atoms with van der Waals surface area (Å²) >= 11 is 7.73. The molecule has 0 spiro atoms. The summed E-state index contributed by atoms with van der Waals surface area (Å²) in [6, 6.07) is 7.37. The lowest BCUT2D eigenvalue weighted by Crippen LogP contribution is -2.24. The number of hydrogen-bond donors (Lipinski definition) is 1. The van der Waals surface area contributed by atoms with Gasteiger partial charge in [-0.25, -0.2) is 4.98 Å². The summed E-state index contributed by atoms with van der Waals surface area (Å²) in [6.07, 6.45) is 4.34. The molecule has 2 heterocycles. The number of halogens is 1. The van der Waals surface area contributed by atoms with Crippen molar-refractivity contribution in [2.45, 2.75) is 18.9 Å². The average molecular weight is 293 g/mol. The lowest BCUT2D eigenvalue weighted by atomic mass is 9.91. The predicted molar refractivity (Wildman–Crippen MR) is 77.8 cm³/mol. The number of aliphatic hydroxyl groups is 1. The molecule has 5 heteroatoms. The number of nitrogens with zero attached hydrogens (tertiary/aromatic N) is 2. The number of fused-ring (bicyclic) bond motifs is 1. The van der Waals surface area contributed by atoms with Crippen molar-refractivity contribution in [3.63, 3.8) is 0 Å². The van der Waals surface area contributed by atoms with Gasteiger partial charge in [-0.05, 0) is 13.0 Å². The Balaban J connectivity index is 1.93. The molecule has 0 aliphatic heterocycles. The monoisotopic (exact) mass is 292 g/mol. The van der Waals surface area contributed by atoms with Crippen LogP contribution in [0.4, 0.5) is 0 Å². The molecule has 1 atom stereocenters. The Hall–Kier alpha value is -1.36. The first kappa shape index (κ1) is 12.7. The number of hydrogen-bond acceptors (Lipinski definition) is 3. The highest BCUT2D eigenvalue weighted by Gasteiger charge is 2.27. The Morgan fingerprint density at radius 1 is 1.42 bits per heavy atom. The number of thiazole rings is 1. The first-order valence-electron chi connectivity index (χ1n) is 5.95. The number of aromatic nitrogens is 2. The normalized spacial score (nSPS) is 14.7. The highest BCUT2D eigenvalue weighted by Crippen LogP contribution is 2.30. The molecule has 2 aromatic heterocycles. The zero-order chi connectivity index (χ0) is 13.5. The molecule has 0 bridgehead atoms. The van der Waals surface area contributed by atoms with Gasteiger partial charge in [0.05, 0.1) is 11.3 Å². The maximum absolute atomic E-state index is 10.7. The van der Waals surface area contributed by atoms with E-state index >= 15 is 0 Å². The fraction of sp³-hybridized carbons (Fsp3) is 0.214. The van der Waals surface area contributed by atoms with E-state index in [1.165, 1.54) is 0 Å². The van der Waals surface area contributed by atoms with Crippen molar-refractivity contribution < 1.29 is 5.11 Å². The largest absolute Gasteiger partial charge is 0.385 e. The number of rotatable bonds is 3. The Kier molecular flexibility index (Phi) is 3.09. The molecule has 3 nitrogen and oxygen atoms in total. The van der Waals surface area contributed by atoms with E-state index in [1.807, 2.05) is 40.4 Å². The second-order valence-corrected chi connectivity index (χ2v) is 6.04. The molecule has 0 fully saturated rings. The molecular weight excluding hydrogens is 280 g/mol. The molecule has 0 saturated heterocycles. The SMILES string of the molecule is CC(O)(Cc1cn2ccsc2n1)c1ccccc1Cl. The van der Waals surface area contributed by atoms with E-state index in [0.717, 1.165) is 16.2 Å². The minimum atomic E-state index is -1.03. The molecule has 0 aliphatic carbocycles. The minimum absolute atomic E-state index is 0.436. The van der Waals surface area contributed by atoms with E-state index in [2.05, 4.69) is 4.98 Å². The zero-order valence-electron chi connectivity index (χ0n) is 10.4. The average Bonchev–Trinajstić information content (AvgIpc) is 2.89. The lowest BCUT2D eigenvalue weighted by Gasteiger charge is -2.23. The van der Waals surface area contributed by atoms with Crippen LogP contribution in [0.1, 0.15) is 18.2 Å². The Morgan fingerprint density at radius 3 is 2.95 bits per heavy atom. The topological polar surface area (TPSA) is 37.5 Å². The van der Waals surface area contributed by atoms with Crippen LogP contribution in [0.25, 0.3) is 4.96 Å². The van der Waals surface area contributed by atoms with E-state index < -0.39 is 5.60 Å². The molecule has 1 N–H and O–H groups in total. The van der Waals surface area contributed by atoms with Gasteiger partial charge < -0.3 is 5.11 Å². The van der Waals surface area contributed by atoms with Crippen LogP contribution in [-0.2, 0) is 12.0 Å². The van der Waals surface area contributed by atoms with Crippen molar-refractivity contribution in [3.05, 3.63) is 58.3 Å². The van der Waals surface area contributed by atoms with Gasteiger partial charge in [0.15, 0.2) is 4.96 Å². The van der Waals surface area contributed by atoms with Crippen LogP contribution in [0.3, 0.4) is 0 Å². The molecule has 98 valence electrons. The van der Waals surface area contributed by atoms with Crippen molar-refractivity contribution in [1.29, 1.82) is 0 Å². The van der Waals surface area contributed by atoms with Crippen molar-refractivity contribution >= 4 is 27.9 Å². The Morgan fingerprint density at radius 2 is 2.21 bits per heavy atom.